The van der Waals surface area contributed by atoms with Gasteiger partial charge >= 0.3 is 17.8 Å². The predicted molar refractivity (Wildman–Crippen MR) is 160 cm³/mol. The van der Waals surface area contributed by atoms with E-state index in [1.54, 1.807) is 49.4 Å². The number of benzene rings is 4. The summed E-state index contributed by atoms with van der Waals surface area (Å²) in [6.45, 7) is 5.55. The molecule has 0 atom stereocenters. The molecule has 0 saturated carbocycles. The Kier molecular flexibility index (Phi) is 7.28. The highest BCUT2D eigenvalue weighted by Gasteiger charge is 2.31. The molecule has 0 saturated heterocycles. The monoisotopic (exact) mass is 562 g/mol. The Hall–Kier alpha value is -5.77. The van der Waals surface area contributed by atoms with Crippen LogP contribution in [0.5, 0.6) is 5.75 Å². The molecule has 5 rings (SSSR count). The van der Waals surface area contributed by atoms with Crippen LogP contribution in [-0.2, 0) is 4.79 Å². The van der Waals surface area contributed by atoms with Gasteiger partial charge in [0, 0.05) is 11.1 Å². The normalized spacial score (nSPS) is 13.8. The molecule has 4 N–H and O–H groups in total. The molecule has 0 aromatic heterocycles. The zero-order chi connectivity index (χ0) is 30.1. The lowest BCUT2D eigenvalue weighted by Crippen LogP contribution is -2.28. The molecule has 0 unspecified atom stereocenters. The highest BCUT2D eigenvalue weighted by Crippen LogP contribution is 2.43. The maximum Gasteiger partial charge on any atom is 0.335 e. The van der Waals surface area contributed by atoms with Crippen molar-refractivity contribution >= 4 is 40.6 Å². The molecule has 1 aliphatic heterocycles. The summed E-state index contributed by atoms with van der Waals surface area (Å²) in [7, 11) is 0. The van der Waals surface area contributed by atoms with Gasteiger partial charge < -0.3 is 15.3 Å². The third kappa shape index (κ3) is 5.20. The molecule has 1 aliphatic rings. The summed E-state index contributed by atoms with van der Waals surface area (Å²) in [6, 6.07) is 21.1. The number of carboxylic acids is 2. The number of aromatic hydroxyl groups is 1. The Balaban J connectivity index is 1.60. The minimum absolute atomic E-state index is 0.0242. The van der Waals surface area contributed by atoms with Gasteiger partial charge in [0.15, 0.2) is 5.71 Å². The number of anilines is 2. The van der Waals surface area contributed by atoms with Gasteiger partial charge in [-0.1, -0.05) is 36.4 Å². The minimum atomic E-state index is -1.12. The molecule has 42 heavy (non-hydrogen) atoms. The van der Waals surface area contributed by atoms with Crippen LogP contribution >= 0.6 is 0 Å². The first kappa shape index (κ1) is 27.8. The maximum absolute atomic E-state index is 13.3. The number of hydrogen-bond acceptors (Lipinski definition) is 7. The van der Waals surface area contributed by atoms with Crippen LogP contribution in [0.3, 0.4) is 0 Å². The summed E-state index contributed by atoms with van der Waals surface area (Å²) in [5.41, 5.74) is 7.64. The largest absolute Gasteiger partial charge is 0.505 e. The number of nitrogens with one attached hydrogen (secondary N) is 1. The van der Waals surface area contributed by atoms with Gasteiger partial charge in [-0.2, -0.15) is 15.2 Å². The van der Waals surface area contributed by atoms with Crippen molar-refractivity contribution in [2.45, 2.75) is 20.8 Å². The molecule has 210 valence electrons. The van der Waals surface area contributed by atoms with Crippen LogP contribution in [0.2, 0.25) is 0 Å². The Morgan fingerprint density at radius 1 is 0.786 bits per heavy atom. The number of phenolic OH excluding ortho intramolecular Hbond substituents is 1. The van der Waals surface area contributed by atoms with Crippen molar-refractivity contribution in [3.8, 4) is 28.0 Å². The number of carbonyl (C=O) groups excluding carboxylic acids is 1. The van der Waals surface area contributed by atoms with Crippen molar-refractivity contribution in [1.29, 1.82) is 0 Å². The van der Waals surface area contributed by atoms with Crippen molar-refractivity contribution in [1.82, 2.24) is 0 Å². The van der Waals surface area contributed by atoms with Crippen molar-refractivity contribution in [2.24, 2.45) is 10.2 Å². The summed E-state index contributed by atoms with van der Waals surface area (Å²) < 4.78 is 0. The number of hydrazone groups is 2. The number of carbonyl (C=O) groups is 3. The zero-order valence-corrected chi connectivity index (χ0v) is 22.9. The lowest BCUT2D eigenvalue weighted by molar-refractivity contribution is -0.112. The number of aromatic carboxylic acids is 2. The third-order valence-electron chi connectivity index (χ3n) is 7.02. The number of hydrogen-bond donors (Lipinski definition) is 4. The zero-order valence-electron chi connectivity index (χ0n) is 22.9. The first-order chi connectivity index (χ1) is 20.0. The van der Waals surface area contributed by atoms with Gasteiger partial charge in [-0.25, -0.2) is 9.59 Å². The Morgan fingerprint density at radius 3 is 1.98 bits per heavy atom. The van der Waals surface area contributed by atoms with Gasteiger partial charge in [-0.15, -0.1) is 0 Å². The fraction of sp³-hybridized carbons (Fsp3) is 0.0938. The SMILES string of the molecule is CC1=NN(c2ccc(C)c(C)c2)C(=O)C1=NNc1c(-c2cccc(C(=O)O)c2)ccc(-c2cccc(C(=O)O)c2)c1O. The highest BCUT2D eigenvalue weighted by atomic mass is 16.4. The van der Waals surface area contributed by atoms with Crippen molar-refractivity contribution < 1.29 is 29.7 Å². The number of amides is 1. The van der Waals surface area contributed by atoms with Gasteiger partial charge in [0.1, 0.15) is 11.4 Å². The Morgan fingerprint density at radius 2 is 1.38 bits per heavy atom. The number of carboxylic acid groups (broad SMARTS) is 2. The number of rotatable bonds is 7. The molecular weight excluding hydrogens is 536 g/mol. The summed E-state index contributed by atoms with van der Waals surface area (Å²) in [6.07, 6.45) is 0. The predicted octanol–water partition coefficient (Wildman–Crippen LogP) is 5.93. The van der Waals surface area contributed by atoms with Crippen LogP contribution in [0.1, 0.15) is 38.8 Å². The van der Waals surface area contributed by atoms with E-state index in [4.69, 9.17) is 0 Å². The number of aryl methyl sites for hydroxylation is 2. The van der Waals surface area contributed by atoms with Crippen molar-refractivity contribution in [3.05, 3.63) is 101 Å². The maximum atomic E-state index is 13.3. The lowest BCUT2D eigenvalue weighted by Gasteiger charge is -2.16. The molecule has 0 bridgehead atoms. The second-order valence-electron chi connectivity index (χ2n) is 9.80. The molecule has 4 aromatic rings. The fourth-order valence-corrected chi connectivity index (χ4v) is 4.59. The molecule has 1 heterocycles. The highest BCUT2D eigenvalue weighted by molar-refractivity contribution is 6.71. The van der Waals surface area contributed by atoms with Gasteiger partial charge in [-0.3, -0.25) is 10.2 Å². The summed E-state index contributed by atoms with van der Waals surface area (Å²) in [5, 5.41) is 40.4. The lowest BCUT2D eigenvalue weighted by atomic mass is 9.95. The van der Waals surface area contributed by atoms with E-state index in [1.165, 1.54) is 29.3 Å². The topological polar surface area (TPSA) is 152 Å². The molecular formula is C32H26N4O6. The third-order valence-corrected chi connectivity index (χ3v) is 7.02. The Bertz CT molecular complexity index is 1840. The van der Waals surface area contributed by atoms with Crippen LogP contribution in [0.25, 0.3) is 22.3 Å². The Labute approximate surface area is 240 Å². The molecule has 10 nitrogen and oxygen atoms in total. The smallest absolute Gasteiger partial charge is 0.335 e. The van der Waals surface area contributed by atoms with Gasteiger partial charge in [0.05, 0.1) is 22.5 Å². The quantitative estimate of drug-likeness (QED) is 0.161. The second-order valence-corrected chi connectivity index (χ2v) is 9.80. The van der Waals surface area contributed by atoms with Crippen molar-refractivity contribution in [2.75, 3.05) is 10.4 Å². The average Bonchev–Trinajstić information content (AvgIpc) is 3.26. The molecule has 10 heteroatoms. The number of nitrogens with zero attached hydrogens (tertiary/aromatic N) is 3. The molecule has 0 spiro atoms. The summed E-state index contributed by atoms with van der Waals surface area (Å²) >= 11 is 0. The fourth-order valence-electron chi connectivity index (χ4n) is 4.59. The van der Waals surface area contributed by atoms with E-state index in [9.17, 15) is 29.7 Å². The van der Waals surface area contributed by atoms with Gasteiger partial charge in [0.25, 0.3) is 0 Å². The van der Waals surface area contributed by atoms with Gasteiger partial charge in [-0.05, 0) is 85.5 Å². The summed E-state index contributed by atoms with van der Waals surface area (Å²) in [5.74, 6) is -2.98. The van der Waals surface area contributed by atoms with Crippen LogP contribution in [0.15, 0.2) is 89.1 Å². The van der Waals surface area contributed by atoms with E-state index >= 15 is 0 Å². The second kappa shape index (κ2) is 11.0. The first-order valence-corrected chi connectivity index (χ1v) is 12.9. The van der Waals surface area contributed by atoms with E-state index in [-0.39, 0.29) is 28.3 Å². The number of phenols is 1. The molecule has 1 amide bonds. The van der Waals surface area contributed by atoms with E-state index in [0.29, 0.717) is 33.7 Å². The molecule has 4 aromatic carbocycles. The first-order valence-electron chi connectivity index (χ1n) is 12.9. The van der Waals surface area contributed by atoms with Crippen LogP contribution in [0, 0.1) is 13.8 Å². The summed E-state index contributed by atoms with van der Waals surface area (Å²) in [4.78, 5) is 36.5. The van der Waals surface area contributed by atoms with Crippen molar-refractivity contribution in [3.63, 3.8) is 0 Å². The van der Waals surface area contributed by atoms with E-state index < -0.39 is 17.8 Å². The van der Waals surface area contributed by atoms with E-state index in [2.05, 4.69) is 15.6 Å². The average molecular weight is 563 g/mol. The standard InChI is InChI=1S/C32H26N4O6/c1-17-10-11-24(14-18(17)2)36-30(38)27(19(3)35-36)33-34-28-25(20-6-4-8-22(15-20)31(39)40)12-13-26(29(28)37)21-7-5-9-23(16-21)32(41)42/h4-16,34,37H,1-3H3,(H,39,40)(H,41,42). The molecule has 0 aliphatic carbocycles. The van der Waals surface area contributed by atoms with Crippen LogP contribution in [0.4, 0.5) is 11.4 Å². The molecule has 0 fully saturated rings. The minimum Gasteiger partial charge on any atom is -0.505 e. The van der Waals surface area contributed by atoms with Crippen LogP contribution < -0.4 is 10.4 Å². The molecule has 0 radical (unpaired) electrons. The van der Waals surface area contributed by atoms with E-state index in [0.717, 1.165) is 11.1 Å². The van der Waals surface area contributed by atoms with Gasteiger partial charge in [0.2, 0.25) is 0 Å². The van der Waals surface area contributed by atoms with E-state index in [1.807, 2.05) is 26.0 Å². The van der Waals surface area contributed by atoms with Crippen LogP contribution in [-0.4, -0.2) is 44.6 Å².